The number of aromatic nitrogens is 1. The van der Waals surface area contributed by atoms with E-state index in [1.807, 2.05) is 0 Å². The first-order valence-corrected chi connectivity index (χ1v) is 9.41. The fraction of sp³-hybridized carbons (Fsp3) is 0.333. The lowest BCUT2D eigenvalue weighted by Gasteiger charge is -2.09. The maximum Gasteiger partial charge on any atom is 0.286 e. The van der Waals surface area contributed by atoms with Gasteiger partial charge in [0.2, 0.25) is 0 Å². The number of anilines is 1. The number of carbonyl (C=O) groups excluding carboxylic acids is 1. The number of nitrogens with zero attached hydrogens (tertiary/aromatic N) is 1. The highest BCUT2D eigenvalue weighted by molar-refractivity contribution is 7.18. The predicted molar refractivity (Wildman–Crippen MR) is 99.8 cm³/mol. The third kappa shape index (κ3) is 4.95. The molecule has 28 heavy (non-hydrogen) atoms. The smallest absolute Gasteiger partial charge is 0.286 e. The van der Waals surface area contributed by atoms with E-state index in [4.69, 9.17) is 16.3 Å². The number of pyridine rings is 1. The molecule has 1 N–H and O–H groups in total. The molecular formula is C18H14ClF3N2O3S. The maximum absolute atomic E-state index is 13.7. The van der Waals surface area contributed by atoms with Crippen LogP contribution in [0.1, 0.15) is 21.7 Å². The fourth-order valence-electron chi connectivity index (χ4n) is 2.54. The molecule has 3 rings (SSSR count). The number of halogens is 4. The Kier molecular flexibility index (Phi) is 6.44. The number of hydrogen-bond acceptors (Lipinski definition) is 4. The van der Waals surface area contributed by atoms with E-state index in [9.17, 15) is 22.8 Å². The van der Waals surface area contributed by atoms with Crippen molar-refractivity contribution in [3.05, 3.63) is 49.3 Å². The van der Waals surface area contributed by atoms with E-state index in [-0.39, 0.29) is 16.5 Å². The van der Waals surface area contributed by atoms with Crippen LogP contribution in [0.3, 0.4) is 0 Å². The van der Waals surface area contributed by atoms with Crippen LogP contribution in [0, 0.1) is 23.6 Å². The number of hydrogen-bond donors (Lipinski definition) is 1. The monoisotopic (exact) mass is 430 g/mol. The van der Waals surface area contributed by atoms with Crippen LogP contribution in [-0.4, -0.2) is 30.1 Å². The molecule has 2 aromatic rings. The highest BCUT2D eigenvalue weighted by atomic mass is 35.5. The van der Waals surface area contributed by atoms with E-state index < -0.39 is 30.3 Å². The summed E-state index contributed by atoms with van der Waals surface area (Å²) >= 11 is 7.11. The van der Waals surface area contributed by atoms with Crippen molar-refractivity contribution in [1.29, 1.82) is 0 Å². The maximum atomic E-state index is 13.7. The molecule has 1 aliphatic rings. The molecule has 1 amide bonds. The van der Waals surface area contributed by atoms with Gasteiger partial charge in [-0.05, 0) is 12.5 Å². The minimum atomic E-state index is -2.84. The number of amides is 1. The van der Waals surface area contributed by atoms with E-state index in [1.165, 1.54) is 6.07 Å². The number of nitrogens with one attached hydrogen (secondary N) is 1. The number of thiophene rings is 1. The van der Waals surface area contributed by atoms with Crippen molar-refractivity contribution in [3.63, 3.8) is 0 Å². The molecule has 1 atom stereocenters. The molecule has 0 spiro atoms. The minimum Gasteiger partial charge on any atom is -0.380 e. The Hall–Kier alpha value is -2.28. The Labute approximate surface area is 167 Å². The Morgan fingerprint density at radius 2 is 2.25 bits per heavy atom. The molecule has 148 valence electrons. The van der Waals surface area contributed by atoms with Crippen molar-refractivity contribution < 1.29 is 22.7 Å². The summed E-state index contributed by atoms with van der Waals surface area (Å²) in [6.07, 6.45) is -1.04. The van der Waals surface area contributed by atoms with Crippen LogP contribution in [0.25, 0.3) is 0 Å². The summed E-state index contributed by atoms with van der Waals surface area (Å²) in [6, 6.07) is 2.27. The largest absolute Gasteiger partial charge is 0.380 e. The van der Waals surface area contributed by atoms with E-state index in [0.29, 0.717) is 27.7 Å². The van der Waals surface area contributed by atoms with Crippen LogP contribution < -0.4 is 10.9 Å². The van der Waals surface area contributed by atoms with Gasteiger partial charge in [-0.25, -0.2) is 13.2 Å². The van der Waals surface area contributed by atoms with Crippen molar-refractivity contribution >= 4 is 34.5 Å². The second-order valence-electron chi connectivity index (χ2n) is 6.01. The van der Waals surface area contributed by atoms with Crippen LogP contribution in [-0.2, 0) is 11.3 Å². The van der Waals surface area contributed by atoms with Gasteiger partial charge in [-0.1, -0.05) is 23.4 Å². The van der Waals surface area contributed by atoms with Crippen LogP contribution in [0.4, 0.5) is 18.9 Å². The second kappa shape index (κ2) is 8.82. The van der Waals surface area contributed by atoms with Crippen molar-refractivity contribution in [2.24, 2.45) is 5.92 Å². The topological polar surface area (TPSA) is 60.3 Å². The van der Waals surface area contributed by atoms with Gasteiger partial charge in [0.15, 0.2) is 5.82 Å². The SMILES string of the molecule is O=C(Nc1cc(F)c(=O)n(CC(F)F)c1)c1cc(C#CC2CCOC2)c(Cl)s1. The van der Waals surface area contributed by atoms with Crippen LogP contribution in [0.2, 0.25) is 4.34 Å². The van der Waals surface area contributed by atoms with Gasteiger partial charge >= 0.3 is 0 Å². The molecule has 2 aromatic heterocycles. The molecule has 10 heteroatoms. The van der Waals surface area contributed by atoms with Gasteiger partial charge in [0.1, 0.15) is 4.34 Å². The highest BCUT2D eigenvalue weighted by Crippen LogP contribution is 2.28. The van der Waals surface area contributed by atoms with Gasteiger partial charge in [-0.3, -0.25) is 9.59 Å². The molecule has 0 saturated carbocycles. The molecule has 0 aliphatic carbocycles. The average molecular weight is 431 g/mol. The third-order valence-corrected chi connectivity index (χ3v) is 5.24. The molecule has 1 fully saturated rings. The van der Waals surface area contributed by atoms with E-state index in [1.54, 1.807) is 0 Å². The molecule has 1 unspecified atom stereocenters. The first kappa shape index (κ1) is 20.5. The lowest BCUT2D eigenvalue weighted by molar-refractivity contribution is 0.103. The van der Waals surface area contributed by atoms with Crippen molar-refractivity contribution in [2.45, 2.75) is 19.4 Å². The van der Waals surface area contributed by atoms with Gasteiger partial charge in [0.05, 0.1) is 29.3 Å². The molecule has 3 heterocycles. The summed E-state index contributed by atoms with van der Waals surface area (Å²) in [4.78, 5) is 24.1. The first-order valence-electron chi connectivity index (χ1n) is 8.21. The predicted octanol–water partition coefficient (Wildman–Crippen LogP) is 3.61. The lowest BCUT2D eigenvalue weighted by Crippen LogP contribution is -2.26. The first-order chi connectivity index (χ1) is 13.3. The van der Waals surface area contributed by atoms with Crippen molar-refractivity contribution in [1.82, 2.24) is 4.57 Å². The van der Waals surface area contributed by atoms with Gasteiger partial charge in [0.25, 0.3) is 17.9 Å². The fourth-order valence-corrected chi connectivity index (χ4v) is 3.62. The van der Waals surface area contributed by atoms with E-state index >= 15 is 0 Å². The number of carbonyl (C=O) groups is 1. The Morgan fingerprint density at radius 3 is 2.93 bits per heavy atom. The van der Waals surface area contributed by atoms with Gasteiger partial charge in [-0.2, -0.15) is 0 Å². The lowest BCUT2D eigenvalue weighted by atomic mass is 10.1. The minimum absolute atomic E-state index is 0.118. The zero-order chi connectivity index (χ0) is 20.3. The standard InChI is InChI=1S/C18H14ClF3N2O3S/c19-16-11(2-1-10-3-4-27-9-10)5-14(28-16)17(25)23-12-6-13(20)18(26)24(7-12)8-15(21)22/h5-7,10,15H,3-4,8-9H2,(H,23,25). The Bertz CT molecular complexity index is 1000. The molecule has 0 bridgehead atoms. The summed E-state index contributed by atoms with van der Waals surface area (Å²) in [6.45, 7) is 0.242. The van der Waals surface area contributed by atoms with Crippen LogP contribution >= 0.6 is 22.9 Å². The van der Waals surface area contributed by atoms with Crippen molar-refractivity contribution in [3.8, 4) is 11.8 Å². The molecule has 0 aromatic carbocycles. The summed E-state index contributed by atoms with van der Waals surface area (Å²) in [5.41, 5.74) is -0.827. The number of ether oxygens (including phenoxy) is 1. The number of alkyl halides is 2. The quantitative estimate of drug-likeness (QED) is 0.754. The zero-order valence-electron chi connectivity index (χ0n) is 14.3. The van der Waals surface area contributed by atoms with Gasteiger partial charge < -0.3 is 14.6 Å². The summed E-state index contributed by atoms with van der Waals surface area (Å²) in [7, 11) is 0. The molecular weight excluding hydrogens is 417 g/mol. The highest BCUT2D eigenvalue weighted by Gasteiger charge is 2.17. The van der Waals surface area contributed by atoms with Crippen LogP contribution in [0.15, 0.2) is 23.1 Å². The summed E-state index contributed by atoms with van der Waals surface area (Å²) in [5, 5.41) is 2.38. The van der Waals surface area contributed by atoms with Gasteiger partial charge in [-0.15, -0.1) is 11.3 Å². The normalized spacial score (nSPS) is 16.1. The number of rotatable bonds is 4. The molecule has 1 saturated heterocycles. The Balaban J connectivity index is 1.77. The molecule has 1 aliphatic heterocycles. The van der Waals surface area contributed by atoms with E-state index in [2.05, 4.69) is 17.2 Å². The summed E-state index contributed by atoms with van der Waals surface area (Å²) < 4.78 is 44.8. The van der Waals surface area contributed by atoms with E-state index in [0.717, 1.165) is 30.0 Å². The Morgan fingerprint density at radius 1 is 1.46 bits per heavy atom. The molecule has 5 nitrogen and oxygen atoms in total. The third-order valence-electron chi connectivity index (χ3n) is 3.89. The van der Waals surface area contributed by atoms with Gasteiger partial charge in [0, 0.05) is 24.8 Å². The second-order valence-corrected chi connectivity index (χ2v) is 7.66. The van der Waals surface area contributed by atoms with Crippen LogP contribution in [0.5, 0.6) is 0 Å². The zero-order valence-corrected chi connectivity index (χ0v) is 15.9. The summed E-state index contributed by atoms with van der Waals surface area (Å²) in [5.74, 6) is 4.21. The molecule has 0 radical (unpaired) electrons. The average Bonchev–Trinajstić information content (AvgIpc) is 3.26. The van der Waals surface area contributed by atoms with Crippen molar-refractivity contribution in [2.75, 3.05) is 18.5 Å².